The molecule has 3 N–H and O–H groups in total. The zero-order chi connectivity index (χ0) is 27.6. The Balaban J connectivity index is 1.14. The van der Waals surface area contributed by atoms with Gasteiger partial charge in [0.25, 0.3) is 16.8 Å². The lowest BCUT2D eigenvalue weighted by Gasteiger charge is -2.35. The van der Waals surface area contributed by atoms with E-state index in [4.69, 9.17) is 0 Å². The largest absolute Gasteiger partial charge is 0.380 e. The summed E-state index contributed by atoms with van der Waals surface area (Å²) in [6.07, 6.45) is 1.79. The first-order valence-corrected chi connectivity index (χ1v) is 13.9. The number of amides is 1. The van der Waals surface area contributed by atoms with Gasteiger partial charge in [-0.15, -0.1) is 11.3 Å². The molecule has 0 atom stereocenters. The lowest BCUT2D eigenvalue weighted by atomic mass is 10.1. The summed E-state index contributed by atoms with van der Waals surface area (Å²) in [5.74, 6) is -0.235. The van der Waals surface area contributed by atoms with Gasteiger partial charge < -0.3 is 25.8 Å². The second-order valence-corrected chi connectivity index (χ2v) is 10.8. The molecule has 0 spiro atoms. The van der Waals surface area contributed by atoms with Gasteiger partial charge in [0.2, 0.25) is 0 Å². The van der Waals surface area contributed by atoms with Gasteiger partial charge in [0.05, 0.1) is 11.2 Å². The van der Waals surface area contributed by atoms with Crippen molar-refractivity contribution >= 4 is 56.6 Å². The van der Waals surface area contributed by atoms with E-state index in [1.807, 2.05) is 53.7 Å². The van der Waals surface area contributed by atoms with Crippen molar-refractivity contribution in [3.63, 3.8) is 0 Å². The Morgan fingerprint density at radius 3 is 2.60 bits per heavy atom. The SMILES string of the molecule is CN1CCN(c2c(Nc3cccc(NC(=O)c4sccc4NCc4ccnc5ccccc45)c3)c(=O)c2=O)CC1. The molecule has 0 saturated carbocycles. The molecule has 9 nitrogen and oxygen atoms in total. The van der Waals surface area contributed by atoms with E-state index in [-0.39, 0.29) is 5.91 Å². The summed E-state index contributed by atoms with van der Waals surface area (Å²) in [4.78, 5) is 47.1. The number of nitrogens with one attached hydrogen (secondary N) is 3. The number of benzene rings is 2. The summed E-state index contributed by atoms with van der Waals surface area (Å²) in [5.41, 5.74) is 3.76. The number of carbonyl (C=O) groups is 1. The van der Waals surface area contributed by atoms with Crippen molar-refractivity contribution in [1.29, 1.82) is 0 Å². The number of carbonyl (C=O) groups excluding carboxylic acids is 1. The van der Waals surface area contributed by atoms with E-state index in [0.29, 0.717) is 47.3 Å². The van der Waals surface area contributed by atoms with Gasteiger partial charge >= 0.3 is 0 Å². The van der Waals surface area contributed by atoms with Crippen LogP contribution in [-0.2, 0) is 6.54 Å². The van der Waals surface area contributed by atoms with E-state index in [9.17, 15) is 14.4 Å². The topological polar surface area (TPSA) is 107 Å². The van der Waals surface area contributed by atoms with E-state index in [2.05, 4.69) is 25.8 Å². The number of piperazine rings is 1. The van der Waals surface area contributed by atoms with Crippen molar-refractivity contribution < 1.29 is 4.79 Å². The average molecular weight is 553 g/mol. The summed E-state index contributed by atoms with van der Waals surface area (Å²) >= 11 is 1.36. The highest BCUT2D eigenvalue weighted by Crippen LogP contribution is 2.28. The van der Waals surface area contributed by atoms with Crippen LogP contribution in [0.5, 0.6) is 0 Å². The molecule has 40 heavy (non-hydrogen) atoms. The van der Waals surface area contributed by atoms with Crippen molar-refractivity contribution in [2.24, 2.45) is 0 Å². The van der Waals surface area contributed by atoms with Gasteiger partial charge in [-0.25, -0.2) is 0 Å². The quantitative estimate of drug-likeness (QED) is 0.245. The molecule has 1 aliphatic heterocycles. The molecule has 1 amide bonds. The third-order valence-electron chi connectivity index (χ3n) is 7.17. The van der Waals surface area contributed by atoms with Crippen molar-refractivity contribution in [3.8, 4) is 0 Å². The van der Waals surface area contributed by atoms with Gasteiger partial charge in [0.1, 0.15) is 16.3 Å². The van der Waals surface area contributed by atoms with Crippen LogP contribution in [0.15, 0.2) is 81.8 Å². The normalized spacial score (nSPS) is 14.0. The summed E-state index contributed by atoms with van der Waals surface area (Å²) in [5, 5.41) is 12.4. The van der Waals surface area contributed by atoms with Crippen LogP contribution >= 0.6 is 11.3 Å². The minimum Gasteiger partial charge on any atom is -0.380 e. The molecular formula is C30H28N6O3S. The number of nitrogens with zero attached hydrogens (tertiary/aromatic N) is 3. The molecule has 2 aromatic heterocycles. The predicted octanol–water partition coefficient (Wildman–Crippen LogP) is 4.25. The second kappa shape index (κ2) is 10.9. The van der Waals surface area contributed by atoms with Gasteiger partial charge in [-0.2, -0.15) is 0 Å². The second-order valence-electron chi connectivity index (χ2n) is 9.84. The molecule has 3 aromatic carbocycles. The highest BCUT2D eigenvalue weighted by Gasteiger charge is 2.28. The Bertz CT molecular complexity index is 1760. The predicted molar refractivity (Wildman–Crippen MR) is 162 cm³/mol. The van der Waals surface area contributed by atoms with Crippen molar-refractivity contribution in [2.45, 2.75) is 6.54 Å². The van der Waals surface area contributed by atoms with Gasteiger partial charge in [0.15, 0.2) is 0 Å². The molecule has 202 valence electrons. The third kappa shape index (κ3) is 5.06. The zero-order valence-electron chi connectivity index (χ0n) is 21.9. The molecule has 1 fully saturated rings. The van der Waals surface area contributed by atoms with Gasteiger partial charge in [-0.3, -0.25) is 19.4 Å². The van der Waals surface area contributed by atoms with Crippen LogP contribution in [0.1, 0.15) is 15.2 Å². The Kier molecular flexibility index (Phi) is 7.02. The molecular weight excluding hydrogens is 524 g/mol. The van der Waals surface area contributed by atoms with Gasteiger partial charge in [0, 0.05) is 55.7 Å². The van der Waals surface area contributed by atoms with Crippen LogP contribution in [0.3, 0.4) is 0 Å². The maximum atomic E-state index is 13.2. The Morgan fingerprint density at radius 1 is 0.950 bits per heavy atom. The van der Waals surface area contributed by atoms with E-state index >= 15 is 0 Å². The van der Waals surface area contributed by atoms with Gasteiger partial charge in [-0.05, 0) is 54.4 Å². The summed E-state index contributed by atoms with van der Waals surface area (Å²) in [6, 6.07) is 19.0. The summed E-state index contributed by atoms with van der Waals surface area (Å²) in [7, 11) is 2.04. The Hall–Kier alpha value is -4.54. The lowest BCUT2D eigenvalue weighted by molar-refractivity contribution is 0.103. The molecule has 5 aromatic rings. The molecule has 0 unspecified atom stereocenters. The maximum absolute atomic E-state index is 13.2. The molecule has 0 bridgehead atoms. The number of anilines is 5. The van der Waals surface area contributed by atoms with Crippen molar-refractivity contribution in [1.82, 2.24) is 9.88 Å². The smallest absolute Gasteiger partial charge is 0.267 e. The number of fused-ring (bicyclic) bond motifs is 1. The monoisotopic (exact) mass is 552 g/mol. The molecule has 1 saturated heterocycles. The van der Waals surface area contributed by atoms with Crippen molar-refractivity contribution in [3.05, 3.63) is 103 Å². The van der Waals surface area contributed by atoms with Crippen LogP contribution in [0, 0.1) is 0 Å². The van der Waals surface area contributed by atoms with Gasteiger partial charge in [-0.1, -0.05) is 24.3 Å². The fourth-order valence-corrected chi connectivity index (χ4v) is 5.72. The fraction of sp³-hybridized carbons (Fsp3) is 0.200. The van der Waals surface area contributed by atoms with E-state index in [1.54, 1.807) is 30.5 Å². The number of hydrogen-bond donors (Lipinski definition) is 3. The van der Waals surface area contributed by atoms with E-state index in [0.717, 1.165) is 35.2 Å². The Morgan fingerprint density at radius 2 is 1.75 bits per heavy atom. The number of thiophene rings is 1. The van der Waals surface area contributed by atoms with Crippen LogP contribution in [0.2, 0.25) is 0 Å². The number of likely N-dealkylation sites (N-methyl/N-ethyl adjacent to an activating group) is 1. The van der Waals surface area contributed by atoms with Crippen LogP contribution < -0.4 is 31.7 Å². The van der Waals surface area contributed by atoms with Crippen molar-refractivity contribution in [2.75, 3.05) is 54.1 Å². The molecule has 0 aliphatic carbocycles. The minimum atomic E-state index is -0.514. The average Bonchev–Trinajstić information content (AvgIpc) is 3.46. The lowest BCUT2D eigenvalue weighted by Crippen LogP contribution is -2.50. The first-order chi connectivity index (χ1) is 19.5. The Labute approximate surface area is 234 Å². The number of rotatable bonds is 8. The minimum absolute atomic E-state index is 0.235. The molecule has 3 heterocycles. The molecule has 6 rings (SSSR count). The highest BCUT2D eigenvalue weighted by molar-refractivity contribution is 7.12. The summed E-state index contributed by atoms with van der Waals surface area (Å²) in [6.45, 7) is 3.61. The number of para-hydroxylation sites is 1. The standard InChI is InChI=1S/C30H28N6O3S/c1-35-12-14-36(15-13-35)26-25(27(37)28(26)38)33-20-5-4-6-21(17-20)34-30(39)29-24(10-16-40-29)32-18-19-9-11-31-23-8-3-2-7-22(19)23/h2-11,16-17,32-33H,12-15,18H2,1H3,(H,34,39). The molecule has 1 aliphatic rings. The maximum Gasteiger partial charge on any atom is 0.267 e. The fourth-order valence-electron chi connectivity index (χ4n) is 4.96. The van der Waals surface area contributed by atoms with Crippen LogP contribution in [-0.4, -0.2) is 49.0 Å². The number of pyridine rings is 1. The van der Waals surface area contributed by atoms with Crippen LogP contribution in [0.25, 0.3) is 10.9 Å². The molecule has 0 radical (unpaired) electrons. The van der Waals surface area contributed by atoms with E-state index < -0.39 is 10.9 Å². The first kappa shape index (κ1) is 25.7. The number of aromatic nitrogens is 1. The summed E-state index contributed by atoms with van der Waals surface area (Å²) < 4.78 is 0. The number of hydrogen-bond acceptors (Lipinski definition) is 9. The highest BCUT2D eigenvalue weighted by atomic mass is 32.1. The zero-order valence-corrected chi connectivity index (χ0v) is 22.8. The van der Waals surface area contributed by atoms with Crippen LogP contribution in [0.4, 0.5) is 28.4 Å². The first-order valence-electron chi connectivity index (χ1n) is 13.1. The molecule has 10 heteroatoms. The van der Waals surface area contributed by atoms with E-state index in [1.165, 1.54) is 11.3 Å². The third-order valence-corrected chi connectivity index (χ3v) is 8.09.